The van der Waals surface area contributed by atoms with Crippen molar-refractivity contribution in [3.63, 3.8) is 0 Å². The highest BCUT2D eigenvalue weighted by molar-refractivity contribution is 9.10. The van der Waals surface area contributed by atoms with Gasteiger partial charge in [-0.1, -0.05) is 15.9 Å². The molecule has 0 bridgehead atoms. The van der Waals surface area contributed by atoms with Gasteiger partial charge in [-0.05, 0) is 18.2 Å². The predicted octanol–water partition coefficient (Wildman–Crippen LogP) is 2.57. The van der Waals surface area contributed by atoms with Gasteiger partial charge in [0.25, 0.3) is 0 Å². The Labute approximate surface area is 90.2 Å². The van der Waals surface area contributed by atoms with Crippen molar-refractivity contribution in [2.45, 2.75) is 0 Å². The SMILES string of the molecule is COc1ccc(Br)cc1N(C)C(=O)O. The van der Waals surface area contributed by atoms with Crippen LogP contribution in [0.1, 0.15) is 0 Å². The molecule has 1 N–H and O–H groups in total. The standard InChI is InChI=1S/C9H10BrNO3/c1-11(9(12)13)7-5-6(10)3-4-8(7)14-2/h3-5H,1-2H3,(H,12,13). The number of carboxylic acid groups (broad SMARTS) is 1. The molecule has 0 spiro atoms. The van der Waals surface area contributed by atoms with Crippen molar-refractivity contribution in [1.82, 2.24) is 0 Å². The van der Waals surface area contributed by atoms with E-state index in [0.29, 0.717) is 11.4 Å². The Morgan fingerprint density at radius 2 is 2.21 bits per heavy atom. The maximum absolute atomic E-state index is 10.7. The molecule has 0 aliphatic carbocycles. The number of hydrogen-bond acceptors (Lipinski definition) is 2. The van der Waals surface area contributed by atoms with E-state index in [9.17, 15) is 4.79 Å². The van der Waals surface area contributed by atoms with Crippen LogP contribution >= 0.6 is 15.9 Å². The van der Waals surface area contributed by atoms with Gasteiger partial charge in [0.1, 0.15) is 5.75 Å². The summed E-state index contributed by atoms with van der Waals surface area (Å²) in [5.74, 6) is 0.526. The molecule has 14 heavy (non-hydrogen) atoms. The predicted molar refractivity (Wildman–Crippen MR) is 57.1 cm³/mol. The van der Waals surface area contributed by atoms with Crippen molar-refractivity contribution in [1.29, 1.82) is 0 Å². The summed E-state index contributed by atoms with van der Waals surface area (Å²) in [5, 5.41) is 8.80. The summed E-state index contributed by atoms with van der Waals surface area (Å²) in [7, 11) is 2.97. The Morgan fingerprint density at radius 1 is 1.57 bits per heavy atom. The molecule has 0 radical (unpaired) electrons. The molecule has 1 aromatic carbocycles. The smallest absolute Gasteiger partial charge is 0.411 e. The van der Waals surface area contributed by atoms with Crippen LogP contribution in [0.3, 0.4) is 0 Å². The van der Waals surface area contributed by atoms with E-state index in [-0.39, 0.29) is 0 Å². The number of benzene rings is 1. The van der Waals surface area contributed by atoms with Crippen LogP contribution in [0.15, 0.2) is 22.7 Å². The first-order valence-electron chi connectivity index (χ1n) is 3.86. The molecule has 0 fully saturated rings. The zero-order valence-corrected chi connectivity index (χ0v) is 9.41. The fourth-order valence-electron chi connectivity index (χ4n) is 1.03. The second-order valence-electron chi connectivity index (χ2n) is 2.66. The van der Waals surface area contributed by atoms with E-state index >= 15 is 0 Å². The van der Waals surface area contributed by atoms with E-state index in [4.69, 9.17) is 9.84 Å². The quantitative estimate of drug-likeness (QED) is 0.889. The van der Waals surface area contributed by atoms with E-state index in [0.717, 1.165) is 9.37 Å². The molecule has 0 aromatic heterocycles. The number of anilines is 1. The molecule has 76 valence electrons. The zero-order chi connectivity index (χ0) is 10.7. The lowest BCUT2D eigenvalue weighted by Crippen LogP contribution is -2.24. The molecular weight excluding hydrogens is 250 g/mol. The molecule has 0 saturated carbocycles. The number of halogens is 1. The number of hydrogen-bond donors (Lipinski definition) is 1. The van der Waals surface area contributed by atoms with Crippen LogP contribution in [-0.4, -0.2) is 25.4 Å². The molecule has 0 atom stereocenters. The summed E-state index contributed by atoms with van der Waals surface area (Å²) in [5.41, 5.74) is 0.509. The monoisotopic (exact) mass is 259 g/mol. The lowest BCUT2D eigenvalue weighted by atomic mass is 10.3. The summed E-state index contributed by atoms with van der Waals surface area (Å²) < 4.78 is 5.85. The van der Waals surface area contributed by atoms with Gasteiger partial charge < -0.3 is 9.84 Å². The van der Waals surface area contributed by atoms with Crippen LogP contribution in [0.5, 0.6) is 5.75 Å². The fourth-order valence-corrected chi connectivity index (χ4v) is 1.38. The first-order chi connectivity index (χ1) is 6.56. The first kappa shape index (κ1) is 10.8. The summed E-state index contributed by atoms with van der Waals surface area (Å²) in [6.07, 6.45) is -1.03. The van der Waals surface area contributed by atoms with Gasteiger partial charge in [0.05, 0.1) is 12.8 Å². The van der Waals surface area contributed by atoms with E-state index in [1.807, 2.05) is 0 Å². The van der Waals surface area contributed by atoms with Crippen LogP contribution in [0.4, 0.5) is 10.5 Å². The first-order valence-corrected chi connectivity index (χ1v) is 4.65. The molecule has 4 nitrogen and oxygen atoms in total. The highest BCUT2D eigenvalue weighted by Gasteiger charge is 2.13. The molecule has 0 aliphatic rings. The van der Waals surface area contributed by atoms with Gasteiger partial charge in [-0.15, -0.1) is 0 Å². The molecule has 0 saturated heterocycles. The lowest BCUT2D eigenvalue weighted by Gasteiger charge is -2.16. The Bertz CT molecular complexity index is 354. The van der Waals surface area contributed by atoms with Crippen molar-refractivity contribution in [2.24, 2.45) is 0 Å². The highest BCUT2D eigenvalue weighted by Crippen LogP contribution is 2.30. The molecule has 1 rings (SSSR count). The van der Waals surface area contributed by atoms with Crippen LogP contribution in [-0.2, 0) is 0 Å². The summed E-state index contributed by atoms with van der Waals surface area (Å²) in [6, 6.07) is 5.18. The van der Waals surface area contributed by atoms with Gasteiger partial charge in [-0.25, -0.2) is 4.79 Å². The summed E-state index contributed by atoms with van der Waals surface area (Å²) in [6.45, 7) is 0. The minimum absolute atomic E-state index is 0.509. The van der Waals surface area contributed by atoms with E-state index in [1.54, 1.807) is 18.2 Å². The largest absolute Gasteiger partial charge is 0.495 e. The maximum Gasteiger partial charge on any atom is 0.411 e. The molecular formula is C9H10BrNO3. The third-order valence-electron chi connectivity index (χ3n) is 1.79. The van der Waals surface area contributed by atoms with Crippen LogP contribution in [0.2, 0.25) is 0 Å². The van der Waals surface area contributed by atoms with Crippen LogP contribution in [0.25, 0.3) is 0 Å². The second kappa shape index (κ2) is 4.32. The number of methoxy groups -OCH3 is 1. The molecule has 0 aliphatic heterocycles. The van der Waals surface area contributed by atoms with Crippen molar-refractivity contribution < 1.29 is 14.6 Å². The molecule has 5 heteroatoms. The van der Waals surface area contributed by atoms with E-state index in [1.165, 1.54) is 14.2 Å². The number of nitrogens with zero attached hydrogens (tertiary/aromatic N) is 1. The maximum atomic E-state index is 10.7. The van der Waals surface area contributed by atoms with Crippen molar-refractivity contribution in [3.8, 4) is 5.75 Å². The minimum atomic E-state index is -1.03. The van der Waals surface area contributed by atoms with Crippen LogP contribution < -0.4 is 9.64 Å². The van der Waals surface area contributed by atoms with E-state index in [2.05, 4.69) is 15.9 Å². The van der Waals surface area contributed by atoms with Gasteiger partial charge in [0, 0.05) is 11.5 Å². The Hall–Kier alpha value is -1.23. The molecule has 0 heterocycles. The number of carbonyl (C=O) groups is 1. The number of ether oxygens (including phenoxy) is 1. The third-order valence-corrected chi connectivity index (χ3v) is 2.28. The fraction of sp³-hybridized carbons (Fsp3) is 0.222. The van der Waals surface area contributed by atoms with Gasteiger partial charge >= 0.3 is 6.09 Å². The third kappa shape index (κ3) is 2.17. The Morgan fingerprint density at radius 3 is 2.71 bits per heavy atom. The summed E-state index contributed by atoms with van der Waals surface area (Å²) in [4.78, 5) is 11.8. The molecule has 0 unspecified atom stereocenters. The molecule has 1 amide bonds. The normalized spacial score (nSPS) is 9.64. The van der Waals surface area contributed by atoms with Gasteiger partial charge in [-0.3, -0.25) is 4.90 Å². The van der Waals surface area contributed by atoms with Crippen LogP contribution in [0, 0.1) is 0 Å². The lowest BCUT2D eigenvalue weighted by molar-refractivity contribution is 0.203. The van der Waals surface area contributed by atoms with Gasteiger partial charge in [0.15, 0.2) is 0 Å². The Kier molecular flexibility index (Phi) is 3.35. The number of amides is 1. The van der Waals surface area contributed by atoms with Crippen molar-refractivity contribution >= 4 is 27.7 Å². The van der Waals surface area contributed by atoms with Gasteiger partial charge in [-0.2, -0.15) is 0 Å². The Balaban J connectivity index is 3.16. The topological polar surface area (TPSA) is 49.8 Å². The average Bonchev–Trinajstić information content (AvgIpc) is 2.16. The van der Waals surface area contributed by atoms with Crippen molar-refractivity contribution in [3.05, 3.63) is 22.7 Å². The van der Waals surface area contributed by atoms with Gasteiger partial charge in [0.2, 0.25) is 0 Å². The second-order valence-corrected chi connectivity index (χ2v) is 3.57. The molecule has 1 aromatic rings. The minimum Gasteiger partial charge on any atom is -0.495 e. The average molecular weight is 260 g/mol. The highest BCUT2D eigenvalue weighted by atomic mass is 79.9. The zero-order valence-electron chi connectivity index (χ0n) is 7.82. The van der Waals surface area contributed by atoms with Crippen molar-refractivity contribution in [2.75, 3.05) is 19.1 Å². The number of rotatable bonds is 2. The van der Waals surface area contributed by atoms with E-state index < -0.39 is 6.09 Å². The summed E-state index contributed by atoms with van der Waals surface area (Å²) >= 11 is 3.27.